The number of aromatic nitrogens is 5. The normalized spacial score (nSPS) is 11.2. The van der Waals surface area contributed by atoms with Crippen LogP contribution in [0.15, 0.2) is 18.5 Å². The van der Waals surface area contributed by atoms with Crippen molar-refractivity contribution >= 4 is 17.8 Å². The summed E-state index contributed by atoms with van der Waals surface area (Å²) in [6.07, 6.45) is -2.50. The first-order valence-electron chi connectivity index (χ1n) is 6.80. The number of amides is 1. The van der Waals surface area contributed by atoms with Crippen molar-refractivity contribution < 1.29 is 27.9 Å². The van der Waals surface area contributed by atoms with Gasteiger partial charge in [-0.05, 0) is 6.07 Å². The molecule has 0 saturated carbocycles. The SMILES string of the molecule is O=C(Cn1cc(C(=O)O)nn1)NCCNc1nccc(C(F)(F)F)n1. The van der Waals surface area contributed by atoms with Crippen LogP contribution in [0, 0.1) is 0 Å². The summed E-state index contributed by atoms with van der Waals surface area (Å²) in [6, 6.07) is 0.746. The quantitative estimate of drug-likeness (QED) is 0.589. The summed E-state index contributed by atoms with van der Waals surface area (Å²) in [5.74, 6) is -1.96. The summed E-state index contributed by atoms with van der Waals surface area (Å²) in [4.78, 5) is 29.2. The van der Waals surface area contributed by atoms with Crippen LogP contribution in [0.25, 0.3) is 0 Å². The molecule has 0 spiro atoms. The van der Waals surface area contributed by atoms with Crippen LogP contribution in [0.3, 0.4) is 0 Å². The van der Waals surface area contributed by atoms with Crippen molar-refractivity contribution in [2.24, 2.45) is 0 Å². The molecule has 2 heterocycles. The number of anilines is 1. The van der Waals surface area contributed by atoms with Gasteiger partial charge in [-0.25, -0.2) is 19.4 Å². The van der Waals surface area contributed by atoms with Crippen LogP contribution < -0.4 is 10.6 Å². The summed E-state index contributed by atoms with van der Waals surface area (Å²) >= 11 is 0. The van der Waals surface area contributed by atoms with Gasteiger partial charge in [-0.2, -0.15) is 13.2 Å². The minimum Gasteiger partial charge on any atom is -0.476 e. The van der Waals surface area contributed by atoms with Crippen molar-refractivity contribution in [3.8, 4) is 0 Å². The molecule has 0 unspecified atom stereocenters. The summed E-state index contributed by atoms with van der Waals surface area (Å²) < 4.78 is 38.5. The maximum atomic E-state index is 12.5. The van der Waals surface area contributed by atoms with E-state index in [1.54, 1.807) is 0 Å². The minimum atomic E-state index is -4.57. The molecule has 3 N–H and O–H groups in total. The van der Waals surface area contributed by atoms with Crippen molar-refractivity contribution in [2.45, 2.75) is 12.7 Å². The summed E-state index contributed by atoms with van der Waals surface area (Å²) in [5.41, 5.74) is -1.37. The largest absolute Gasteiger partial charge is 0.476 e. The van der Waals surface area contributed by atoms with Crippen molar-refractivity contribution in [3.05, 3.63) is 29.8 Å². The number of rotatable bonds is 7. The predicted octanol–water partition coefficient (Wildman–Crippen LogP) is 0.0134. The molecule has 0 aliphatic carbocycles. The average Bonchev–Trinajstić information content (AvgIpc) is 3.00. The molecule has 0 aliphatic rings. The first-order valence-corrected chi connectivity index (χ1v) is 6.80. The Labute approximate surface area is 138 Å². The van der Waals surface area contributed by atoms with Gasteiger partial charge >= 0.3 is 12.1 Å². The topological polar surface area (TPSA) is 135 Å². The number of carbonyl (C=O) groups is 2. The van der Waals surface area contributed by atoms with E-state index in [9.17, 15) is 22.8 Å². The van der Waals surface area contributed by atoms with E-state index >= 15 is 0 Å². The second-order valence-electron chi connectivity index (χ2n) is 4.65. The van der Waals surface area contributed by atoms with Gasteiger partial charge in [0.1, 0.15) is 12.2 Å². The molecule has 2 aromatic rings. The van der Waals surface area contributed by atoms with Crippen LogP contribution in [0.1, 0.15) is 16.2 Å². The Balaban J connectivity index is 1.75. The number of hydrogen-bond donors (Lipinski definition) is 3. The molecule has 13 heteroatoms. The fraction of sp³-hybridized carbons (Fsp3) is 0.333. The zero-order chi connectivity index (χ0) is 18.4. The lowest BCUT2D eigenvalue weighted by atomic mass is 10.4. The van der Waals surface area contributed by atoms with E-state index in [1.807, 2.05) is 0 Å². The molecule has 0 bridgehead atoms. The molecule has 0 saturated heterocycles. The highest BCUT2D eigenvalue weighted by Gasteiger charge is 2.32. The lowest BCUT2D eigenvalue weighted by Gasteiger charge is -2.09. The van der Waals surface area contributed by atoms with Gasteiger partial charge in [-0.3, -0.25) is 4.79 Å². The standard InChI is InChI=1S/C12H12F3N7O3/c13-12(14,15)8-1-2-17-11(19-8)18-4-3-16-9(23)6-22-5-7(10(24)25)20-21-22/h1-2,5H,3-4,6H2,(H,16,23)(H,24,25)(H,17,18,19). The highest BCUT2D eigenvalue weighted by molar-refractivity contribution is 5.84. The molecule has 10 nitrogen and oxygen atoms in total. The molecule has 0 atom stereocenters. The minimum absolute atomic E-state index is 0.0823. The van der Waals surface area contributed by atoms with Gasteiger partial charge in [0.25, 0.3) is 0 Å². The van der Waals surface area contributed by atoms with Crippen LogP contribution in [-0.2, 0) is 17.5 Å². The zero-order valence-electron chi connectivity index (χ0n) is 12.5. The summed E-state index contributed by atoms with van der Waals surface area (Å²) in [7, 11) is 0. The van der Waals surface area contributed by atoms with E-state index in [1.165, 1.54) is 0 Å². The van der Waals surface area contributed by atoms with Crippen LogP contribution in [0.2, 0.25) is 0 Å². The van der Waals surface area contributed by atoms with E-state index < -0.39 is 23.7 Å². The molecule has 25 heavy (non-hydrogen) atoms. The molecule has 134 valence electrons. The Hall–Kier alpha value is -3.25. The van der Waals surface area contributed by atoms with Crippen LogP contribution in [0.5, 0.6) is 0 Å². The van der Waals surface area contributed by atoms with Gasteiger partial charge in [-0.1, -0.05) is 5.21 Å². The Morgan fingerprint density at radius 1 is 1.28 bits per heavy atom. The third-order valence-corrected chi connectivity index (χ3v) is 2.74. The van der Waals surface area contributed by atoms with Crippen molar-refractivity contribution in [1.82, 2.24) is 30.3 Å². The van der Waals surface area contributed by atoms with E-state index in [4.69, 9.17) is 5.11 Å². The van der Waals surface area contributed by atoms with Gasteiger partial charge in [0, 0.05) is 19.3 Å². The maximum absolute atomic E-state index is 12.5. The number of carboxylic acid groups (broad SMARTS) is 1. The molecule has 2 rings (SSSR count). The average molecular weight is 359 g/mol. The first-order chi connectivity index (χ1) is 11.8. The van der Waals surface area contributed by atoms with Crippen molar-refractivity contribution in [1.29, 1.82) is 0 Å². The highest BCUT2D eigenvalue weighted by Crippen LogP contribution is 2.27. The molecular weight excluding hydrogens is 347 g/mol. The van der Waals surface area contributed by atoms with Crippen LogP contribution in [-0.4, -0.2) is 55.0 Å². The van der Waals surface area contributed by atoms with Crippen LogP contribution in [0.4, 0.5) is 19.1 Å². The molecule has 0 fully saturated rings. The Morgan fingerprint density at radius 2 is 2.04 bits per heavy atom. The highest BCUT2D eigenvalue weighted by atomic mass is 19.4. The summed E-state index contributed by atoms with van der Waals surface area (Å²) in [5, 5.41) is 20.5. The fourth-order valence-electron chi connectivity index (χ4n) is 1.65. The number of carboxylic acids is 1. The van der Waals surface area contributed by atoms with Gasteiger partial charge < -0.3 is 15.7 Å². The number of hydrogen-bond acceptors (Lipinski definition) is 7. The summed E-state index contributed by atoms with van der Waals surface area (Å²) in [6.45, 7) is -0.0793. The van der Waals surface area contributed by atoms with E-state index in [-0.39, 0.29) is 31.3 Å². The number of halogens is 3. The Bertz CT molecular complexity index is 762. The number of aromatic carboxylic acids is 1. The predicted molar refractivity (Wildman–Crippen MR) is 75.5 cm³/mol. The van der Waals surface area contributed by atoms with E-state index in [2.05, 4.69) is 30.9 Å². The number of carbonyl (C=O) groups excluding carboxylic acids is 1. The lowest BCUT2D eigenvalue weighted by molar-refractivity contribution is -0.141. The molecule has 0 aromatic carbocycles. The molecule has 2 aromatic heterocycles. The second-order valence-corrected chi connectivity index (χ2v) is 4.65. The Kier molecular flexibility index (Phi) is 5.46. The monoisotopic (exact) mass is 359 g/mol. The van der Waals surface area contributed by atoms with E-state index in [0.29, 0.717) is 0 Å². The van der Waals surface area contributed by atoms with Crippen molar-refractivity contribution in [3.63, 3.8) is 0 Å². The molecular formula is C12H12F3N7O3. The fourth-order valence-corrected chi connectivity index (χ4v) is 1.65. The second kappa shape index (κ2) is 7.55. The van der Waals surface area contributed by atoms with Crippen molar-refractivity contribution in [2.75, 3.05) is 18.4 Å². The van der Waals surface area contributed by atoms with Gasteiger partial charge in [0.15, 0.2) is 5.69 Å². The molecule has 1 amide bonds. The zero-order valence-corrected chi connectivity index (χ0v) is 12.5. The first kappa shape index (κ1) is 18.1. The van der Waals surface area contributed by atoms with E-state index in [0.717, 1.165) is 23.1 Å². The van der Waals surface area contributed by atoms with Gasteiger partial charge in [-0.15, -0.1) is 5.10 Å². The molecule has 0 aliphatic heterocycles. The smallest absolute Gasteiger partial charge is 0.433 e. The third kappa shape index (κ3) is 5.40. The maximum Gasteiger partial charge on any atom is 0.433 e. The number of nitrogens with zero attached hydrogens (tertiary/aromatic N) is 5. The number of alkyl halides is 3. The Morgan fingerprint density at radius 3 is 2.68 bits per heavy atom. The van der Waals surface area contributed by atoms with Crippen LogP contribution >= 0.6 is 0 Å². The number of nitrogens with one attached hydrogen (secondary N) is 2. The molecule has 0 radical (unpaired) electrons. The van der Waals surface area contributed by atoms with Gasteiger partial charge in [0.2, 0.25) is 11.9 Å². The third-order valence-electron chi connectivity index (χ3n) is 2.74. The van der Waals surface area contributed by atoms with Gasteiger partial charge in [0.05, 0.1) is 6.20 Å². The lowest BCUT2D eigenvalue weighted by Crippen LogP contribution is -2.32.